The molecule has 0 amide bonds. The van der Waals surface area contributed by atoms with Crippen LogP contribution in [0, 0.1) is 17.2 Å². The topological polar surface area (TPSA) is 50.1 Å². The Morgan fingerprint density at radius 3 is 2.82 bits per heavy atom. The van der Waals surface area contributed by atoms with Gasteiger partial charge in [0.25, 0.3) is 0 Å². The third-order valence-corrected chi connectivity index (χ3v) is 3.18. The van der Waals surface area contributed by atoms with E-state index < -0.39 is 5.92 Å². The Balaban J connectivity index is 3.06. The van der Waals surface area contributed by atoms with Crippen molar-refractivity contribution in [2.45, 2.75) is 19.8 Å². The molecular formula is C13H14BrNO2. The van der Waals surface area contributed by atoms with Gasteiger partial charge in [-0.3, -0.25) is 4.79 Å². The molecule has 0 bridgehead atoms. The van der Waals surface area contributed by atoms with E-state index in [0.717, 1.165) is 6.42 Å². The molecule has 0 saturated carbocycles. The number of carbonyl (C=O) groups is 1. The van der Waals surface area contributed by atoms with Gasteiger partial charge in [-0.15, -0.1) is 0 Å². The van der Waals surface area contributed by atoms with Crippen molar-refractivity contribution in [1.82, 2.24) is 0 Å². The van der Waals surface area contributed by atoms with Crippen LogP contribution in [0.2, 0.25) is 0 Å². The lowest BCUT2D eigenvalue weighted by Gasteiger charge is -2.10. The van der Waals surface area contributed by atoms with Crippen molar-refractivity contribution in [3.63, 3.8) is 0 Å². The van der Waals surface area contributed by atoms with E-state index in [9.17, 15) is 4.79 Å². The Hall–Kier alpha value is -1.34. The van der Waals surface area contributed by atoms with Gasteiger partial charge in [0.05, 0.1) is 13.2 Å². The van der Waals surface area contributed by atoms with Gasteiger partial charge in [0.1, 0.15) is 11.7 Å². The molecule has 1 aromatic carbocycles. The van der Waals surface area contributed by atoms with Gasteiger partial charge in [-0.05, 0) is 24.6 Å². The van der Waals surface area contributed by atoms with E-state index in [1.54, 1.807) is 25.3 Å². The third kappa shape index (κ3) is 3.31. The number of rotatable bonds is 5. The number of hydrogen-bond donors (Lipinski definition) is 0. The number of methoxy groups -OCH3 is 1. The van der Waals surface area contributed by atoms with Crippen LogP contribution in [0.25, 0.3) is 0 Å². The molecule has 0 heterocycles. The molecule has 90 valence electrons. The standard InChI is InChI=1S/C13H14BrNO2/c1-3-4-9(8-15)13(16)11-7-10(17-2)5-6-12(11)14/h5-7,9H,3-4H2,1-2H3. The molecule has 0 fully saturated rings. The number of hydrogen-bond acceptors (Lipinski definition) is 3. The Labute approximate surface area is 110 Å². The van der Waals surface area contributed by atoms with E-state index >= 15 is 0 Å². The summed E-state index contributed by atoms with van der Waals surface area (Å²) >= 11 is 3.32. The van der Waals surface area contributed by atoms with Crippen LogP contribution in [-0.4, -0.2) is 12.9 Å². The van der Waals surface area contributed by atoms with Crippen LogP contribution >= 0.6 is 15.9 Å². The second-order valence-electron chi connectivity index (χ2n) is 3.68. The zero-order valence-electron chi connectivity index (χ0n) is 9.87. The van der Waals surface area contributed by atoms with Gasteiger partial charge in [-0.1, -0.05) is 29.3 Å². The predicted octanol–water partition coefficient (Wildman–Crippen LogP) is 3.58. The van der Waals surface area contributed by atoms with Gasteiger partial charge < -0.3 is 4.74 Å². The van der Waals surface area contributed by atoms with Crippen molar-refractivity contribution in [2.75, 3.05) is 7.11 Å². The van der Waals surface area contributed by atoms with Crippen LogP contribution in [0.4, 0.5) is 0 Å². The molecular weight excluding hydrogens is 282 g/mol. The summed E-state index contributed by atoms with van der Waals surface area (Å²) in [5, 5.41) is 8.99. The molecule has 0 N–H and O–H groups in total. The van der Waals surface area contributed by atoms with E-state index in [-0.39, 0.29) is 5.78 Å². The number of carbonyl (C=O) groups excluding carboxylic acids is 1. The molecule has 1 aromatic rings. The van der Waals surface area contributed by atoms with Crippen LogP contribution in [-0.2, 0) is 0 Å². The number of halogens is 1. The fourth-order valence-electron chi connectivity index (χ4n) is 1.55. The number of Topliss-reactive ketones (excluding diaryl/α,β-unsaturated/α-hetero) is 1. The largest absolute Gasteiger partial charge is 0.497 e. The highest BCUT2D eigenvalue weighted by atomic mass is 79.9. The molecule has 0 saturated heterocycles. The maximum Gasteiger partial charge on any atom is 0.181 e. The summed E-state index contributed by atoms with van der Waals surface area (Å²) in [4.78, 5) is 12.1. The molecule has 1 unspecified atom stereocenters. The van der Waals surface area contributed by atoms with E-state index in [1.807, 2.05) is 6.92 Å². The summed E-state index contributed by atoms with van der Waals surface area (Å²) in [5.41, 5.74) is 0.504. The van der Waals surface area contributed by atoms with E-state index in [0.29, 0.717) is 22.2 Å². The lowest BCUT2D eigenvalue weighted by molar-refractivity contribution is 0.0942. The van der Waals surface area contributed by atoms with Crippen LogP contribution in [0.15, 0.2) is 22.7 Å². The monoisotopic (exact) mass is 295 g/mol. The number of benzene rings is 1. The van der Waals surface area contributed by atoms with Crippen molar-refractivity contribution in [3.8, 4) is 11.8 Å². The van der Waals surface area contributed by atoms with Crippen LogP contribution in [0.1, 0.15) is 30.1 Å². The lowest BCUT2D eigenvalue weighted by Crippen LogP contribution is -2.13. The van der Waals surface area contributed by atoms with E-state index in [4.69, 9.17) is 10.00 Å². The lowest BCUT2D eigenvalue weighted by atomic mass is 9.95. The molecule has 3 nitrogen and oxygen atoms in total. The summed E-state index contributed by atoms with van der Waals surface area (Å²) in [6, 6.07) is 7.24. The molecule has 0 spiro atoms. The van der Waals surface area contributed by atoms with Crippen molar-refractivity contribution < 1.29 is 9.53 Å². The van der Waals surface area contributed by atoms with Gasteiger partial charge in [0, 0.05) is 10.0 Å². The van der Waals surface area contributed by atoms with Gasteiger partial charge in [-0.2, -0.15) is 5.26 Å². The Morgan fingerprint density at radius 2 is 2.29 bits per heavy atom. The summed E-state index contributed by atoms with van der Waals surface area (Å²) in [7, 11) is 1.55. The first-order valence-electron chi connectivity index (χ1n) is 5.41. The molecule has 17 heavy (non-hydrogen) atoms. The maximum atomic E-state index is 12.1. The minimum atomic E-state index is -0.580. The molecule has 0 aliphatic carbocycles. The zero-order chi connectivity index (χ0) is 12.8. The number of ether oxygens (including phenoxy) is 1. The number of nitrogens with zero attached hydrogens (tertiary/aromatic N) is 1. The van der Waals surface area contributed by atoms with E-state index in [2.05, 4.69) is 22.0 Å². The first kappa shape index (κ1) is 13.7. The second-order valence-corrected chi connectivity index (χ2v) is 4.53. The van der Waals surface area contributed by atoms with Crippen LogP contribution < -0.4 is 4.74 Å². The van der Waals surface area contributed by atoms with Crippen LogP contribution in [0.3, 0.4) is 0 Å². The van der Waals surface area contributed by atoms with Crippen LogP contribution in [0.5, 0.6) is 5.75 Å². The SMILES string of the molecule is CCCC(C#N)C(=O)c1cc(OC)ccc1Br. The quantitative estimate of drug-likeness (QED) is 0.780. The Morgan fingerprint density at radius 1 is 1.59 bits per heavy atom. The molecule has 1 atom stereocenters. The Bertz CT molecular complexity index is 451. The fourth-order valence-corrected chi connectivity index (χ4v) is 1.99. The maximum absolute atomic E-state index is 12.1. The van der Waals surface area contributed by atoms with Gasteiger partial charge in [-0.25, -0.2) is 0 Å². The third-order valence-electron chi connectivity index (χ3n) is 2.49. The molecule has 4 heteroatoms. The first-order chi connectivity index (χ1) is 8.13. The second kappa shape index (κ2) is 6.41. The number of ketones is 1. The summed E-state index contributed by atoms with van der Waals surface area (Å²) in [6.07, 6.45) is 1.39. The van der Waals surface area contributed by atoms with Crippen molar-refractivity contribution >= 4 is 21.7 Å². The summed E-state index contributed by atoms with van der Waals surface area (Å²) < 4.78 is 5.77. The summed E-state index contributed by atoms with van der Waals surface area (Å²) in [6.45, 7) is 1.96. The van der Waals surface area contributed by atoms with Gasteiger partial charge in [0.15, 0.2) is 5.78 Å². The normalized spacial score (nSPS) is 11.6. The molecule has 0 aromatic heterocycles. The fraction of sp³-hybridized carbons (Fsp3) is 0.385. The summed E-state index contributed by atoms with van der Waals surface area (Å²) in [5.74, 6) is -0.117. The highest BCUT2D eigenvalue weighted by Crippen LogP contribution is 2.26. The molecule has 1 rings (SSSR count). The predicted molar refractivity (Wildman–Crippen MR) is 69.0 cm³/mol. The van der Waals surface area contributed by atoms with Crippen molar-refractivity contribution in [1.29, 1.82) is 5.26 Å². The van der Waals surface area contributed by atoms with Gasteiger partial charge in [0.2, 0.25) is 0 Å². The molecule has 0 radical (unpaired) electrons. The smallest absolute Gasteiger partial charge is 0.181 e. The first-order valence-corrected chi connectivity index (χ1v) is 6.20. The highest BCUT2D eigenvalue weighted by Gasteiger charge is 2.21. The van der Waals surface area contributed by atoms with E-state index in [1.165, 1.54) is 0 Å². The van der Waals surface area contributed by atoms with Gasteiger partial charge >= 0.3 is 0 Å². The number of nitriles is 1. The zero-order valence-corrected chi connectivity index (χ0v) is 11.5. The molecule has 0 aliphatic rings. The van der Waals surface area contributed by atoms with Crippen molar-refractivity contribution in [3.05, 3.63) is 28.2 Å². The Kier molecular flexibility index (Phi) is 5.17. The minimum Gasteiger partial charge on any atom is -0.497 e. The average Bonchev–Trinajstić information content (AvgIpc) is 2.35. The molecule has 0 aliphatic heterocycles. The minimum absolute atomic E-state index is 0.153. The van der Waals surface area contributed by atoms with Crippen molar-refractivity contribution in [2.24, 2.45) is 5.92 Å². The average molecular weight is 296 g/mol. The highest BCUT2D eigenvalue weighted by molar-refractivity contribution is 9.10.